The highest BCUT2D eigenvalue weighted by atomic mass is 32.2. The summed E-state index contributed by atoms with van der Waals surface area (Å²) in [6.07, 6.45) is 1.07. The van der Waals surface area contributed by atoms with E-state index in [0.29, 0.717) is 18.0 Å². The van der Waals surface area contributed by atoms with E-state index in [-0.39, 0.29) is 18.4 Å². The van der Waals surface area contributed by atoms with Crippen LogP contribution in [-0.2, 0) is 26.2 Å². The number of rotatable bonds is 11. The number of sulfonamides is 1. The minimum Gasteiger partial charge on any atom is -0.497 e. The summed E-state index contributed by atoms with van der Waals surface area (Å²) in [5.74, 6) is 0.0922. The lowest BCUT2D eigenvalue weighted by molar-refractivity contribution is -0.139. The van der Waals surface area contributed by atoms with E-state index < -0.39 is 28.5 Å². The number of benzene rings is 2. The molecule has 0 aliphatic heterocycles. The fourth-order valence-corrected chi connectivity index (χ4v) is 4.34. The van der Waals surface area contributed by atoms with Gasteiger partial charge < -0.3 is 15.0 Å². The molecular formula is C26H37N3O5S. The summed E-state index contributed by atoms with van der Waals surface area (Å²) in [6.45, 7) is 9.61. The number of methoxy groups -OCH3 is 1. The van der Waals surface area contributed by atoms with Gasteiger partial charge in [-0.25, -0.2) is 8.42 Å². The molecule has 0 saturated heterocycles. The molecule has 2 rings (SSSR count). The smallest absolute Gasteiger partial charge is 0.244 e. The molecule has 1 atom stereocenters. The van der Waals surface area contributed by atoms with E-state index >= 15 is 0 Å². The molecule has 2 aromatic rings. The predicted octanol–water partition coefficient (Wildman–Crippen LogP) is 3.27. The van der Waals surface area contributed by atoms with Crippen molar-refractivity contribution >= 4 is 27.5 Å². The molecule has 0 radical (unpaired) electrons. The third-order valence-electron chi connectivity index (χ3n) is 5.80. The molecule has 0 fully saturated rings. The number of hydrogen-bond donors (Lipinski definition) is 1. The van der Waals surface area contributed by atoms with Gasteiger partial charge in [-0.15, -0.1) is 0 Å². The zero-order valence-electron chi connectivity index (χ0n) is 21.7. The number of anilines is 1. The number of nitrogens with one attached hydrogen (secondary N) is 1. The quantitative estimate of drug-likeness (QED) is 0.508. The van der Waals surface area contributed by atoms with Crippen molar-refractivity contribution in [1.29, 1.82) is 0 Å². The zero-order valence-corrected chi connectivity index (χ0v) is 22.5. The third-order valence-corrected chi connectivity index (χ3v) is 6.94. The molecule has 0 aliphatic carbocycles. The fourth-order valence-electron chi connectivity index (χ4n) is 3.50. The third kappa shape index (κ3) is 7.99. The standard InChI is InChI=1S/C26H37N3O5S/c1-18(2)15-27-26(31)21(5)28(16-22-9-8-10-24(14-22)34-6)25(30)17-29(35(7,32)33)23-12-11-19(3)20(4)13-23/h8-14,18,21H,15-17H2,1-7H3,(H,27,31). The minimum atomic E-state index is -3.76. The van der Waals surface area contributed by atoms with Crippen molar-refractivity contribution in [2.45, 2.75) is 47.2 Å². The SMILES string of the molecule is COc1cccc(CN(C(=O)CN(c2ccc(C)c(C)c2)S(C)(=O)=O)C(C)C(=O)NCC(C)C)c1. The molecule has 192 valence electrons. The topological polar surface area (TPSA) is 96.0 Å². The molecule has 2 aromatic carbocycles. The van der Waals surface area contributed by atoms with Gasteiger partial charge in [0.25, 0.3) is 0 Å². The molecule has 0 saturated carbocycles. The molecule has 0 aromatic heterocycles. The molecule has 2 amide bonds. The summed E-state index contributed by atoms with van der Waals surface area (Å²) in [6, 6.07) is 11.7. The lowest BCUT2D eigenvalue weighted by Crippen LogP contribution is -2.51. The van der Waals surface area contributed by atoms with Crippen molar-refractivity contribution < 1.29 is 22.7 Å². The highest BCUT2D eigenvalue weighted by molar-refractivity contribution is 7.92. The average molecular weight is 504 g/mol. The van der Waals surface area contributed by atoms with Crippen molar-refractivity contribution in [1.82, 2.24) is 10.2 Å². The van der Waals surface area contributed by atoms with E-state index in [2.05, 4.69) is 5.32 Å². The fraction of sp³-hybridized carbons (Fsp3) is 0.462. The van der Waals surface area contributed by atoms with Crippen molar-refractivity contribution in [2.75, 3.05) is 30.8 Å². The first kappa shape index (κ1) is 28.2. The van der Waals surface area contributed by atoms with Crippen LogP contribution >= 0.6 is 0 Å². The van der Waals surface area contributed by atoms with Crippen molar-refractivity contribution in [2.24, 2.45) is 5.92 Å². The van der Waals surface area contributed by atoms with Gasteiger partial charge in [0.05, 0.1) is 19.1 Å². The maximum Gasteiger partial charge on any atom is 0.244 e. The molecular weight excluding hydrogens is 466 g/mol. The minimum absolute atomic E-state index is 0.122. The van der Waals surface area contributed by atoms with E-state index in [4.69, 9.17) is 4.74 Å². The van der Waals surface area contributed by atoms with Crippen LogP contribution in [0.25, 0.3) is 0 Å². The van der Waals surface area contributed by atoms with Gasteiger partial charge in [-0.1, -0.05) is 32.0 Å². The monoisotopic (exact) mass is 503 g/mol. The lowest BCUT2D eigenvalue weighted by Gasteiger charge is -2.31. The number of aryl methyl sites for hydroxylation is 2. The van der Waals surface area contributed by atoms with Gasteiger partial charge in [-0.3, -0.25) is 13.9 Å². The Balaban J connectivity index is 2.40. The van der Waals surface area contributed by atoms with Crippen molar-refractivity contribution in [3.05, 3.63) is 59.2 Å². The van der Waals surface area contributed by atoms with Crippen molar-refractivity contribution in [3.63, 3.8) is 0 Å². The van der Waals surface area contributed by atoms with Gasteiger partial charge in [-0.05, 0) is 67.6 Å². The van der Waals surface area contributed by atoms with Gasteiger partial charge in [0.1, 0.15) is 18.3 Å². The van der Waals surface area contributed by atoms with Crippen LogP contribution in [0.2, 0.25) is 0 Å². The Morgan fingerprint density at radius 2 is 1.71 bits per heavy atom. The normalized spacial score (nSPS) is 12.2. The van der Waals surface area contributed by atoms with Crippen LogP contribution < -0.4 is 14.4 Å². The summed E-state index contributed by atoms with van der Waals surface area (Å²) in [5, 5.41) is 2.87. The molecule has 0 spiro atoms. The highest BCUT2D eigenvalue weighted by Gasteiger charge is 2.30. The van der Waals surface area contributed by atoms with Crippen molar-refractivity contribution in [3.8, 4) is 5.75 Å². The first-order valence-corrected chi connectivity index (χ1v) is 13.4. The molecule has 0 aliphatic rings. The van der Waals surface area contributed by atoms with E-state index in [1.807, 2.05) is 39.8 Å². The van der Waals surface area contributed by atoms with Crippen LogP contribution in [0.3, 0.4) is 0 Å². The zero-order chi connectivity index (χ0) is 26.3. The van der Waals surface area contributed by atoms with Gasteiger partial charge in [0, 0.05) is 13.1 Å². The van der Waals surface area contributed by atoms with Crippen LogP contribution in [0.1, 0.15) is 37.5 Å². The first-order valence-electron chi connectivity index (χ1n) is 11.6. The summed E-state index contributed by atoms with van der Waals surface area (Å²) >= 11 is 0. The number of carbonyl (C=O) groups excluding carboxylic acids is 2. The Bertz CT molecular complexity index is 1150. The van der Waals surface area contributed by atoms with Gasteiger partial charge in [-0.2, -0.15) is 0 Å². The Kier molecular flexibility index (Phi) is 9.71. The summed E-state index contributed by atoms with van der Waals surface area (Å²) in [4.78, 5) is 27.9. The lowest BCUT2D eigenvalue weighted by atomic mass is 10.1. The Morgan fingerprint density at radius 1 is 1.03 bits per heavy atom. The Morgan fingerprint density at radius 3 is 2.29 bits per heavy atom. The molecule has 1 unspecified atom stereocenters. The largest absolute Gasteiger partial charge is 0.497 e. The molecule has 8 nitrogen and oxygen atoms in total. The van der Waals surface area contributed by atoms with Crippen LogP contribution in [0.4, 0.5) is 5.69 Å². The van der Waals surface area contributed by atoms with E-state index in [1.54, 1.807) is 44.4 Å². The number of nitrogens with zero attached hydrogens (tertiary/aromatic N) is 2. The van der Waals surface area contributed by atoms with Crippen LogP contribution in [0.5, 0.6) is 5.75 Å². The van der Waals surface area contributed by atoms with Gasteiger partial charge in [0.2, 0.25) is 21.8 Å². The Labute approximate surface area is 209 Å². The summed E-state index contributed by atoms with van der Waals surface area (Å²) < 4.78 is 31.7. The first-order chi connectivity index (χ1) is 16.3. The van der Waals surface area contributed by atoms with E-state index in [0.717, 1.165) is 27.3 Å². The van der Waals surface area contributed by atoms with E-state index in [1.165, 1.54) is 4.90 Å². The van der Waals surface area contributed by atoms with Crippen LogP contribution in [-0.4, -0.2) is 57.6 Å². The summed E-state index contributed by atoms with van der Waals surface area (Å²) in [7, 11) is -2.21. The average Bonchev–Trinajstić information content (AvgIpc) is 2.80. The summed E-state index contributed by atoms with van der Waals surface area (Å²) in [5.41, 5.74) is 3.10. The molecule has 0 heterocycles. The second-order valence-electron chi connectivity index (χ2n) is 9.23. The second-order valence-corrected chi connectivity index (χ2v) is 11.1. The van der Waals surface area contributed by atoms with Crippen LogP contribution in [0.15, 0.2) is 42.5 Å². The van der Waals surface area contributed by atoms with Crippen LogP contribution in [0, 0.1) is 19.8 Å². The Hall–Kier alpha value is -3.07. The highest BCUT2D eigenvalue weighted by Crippen LogP contribution is 2.22. The number of hydrogen-bond acceptors (Lipinski definition) is 5. The maximum absolute atomic E-state index is 13.6. The molecule has 35 heavy (non-hydrogen) atoms. The number of amides is 2. The number of carbonyl (C=O) groups is 2. The van der Waals surface area contributed by atoms with Gasteiger partial charge in [0.15, 0.2) is 0 Å². The van der Waals surface area contributed by atoms with Gasteiger partial charge >= 0.3 is 0 Å². The predicted molar refractivity (Wildman–Crippen MR) is 139 cm³/mol. The molecule has 9 heteroatoms. The molecule has 1 N–H and O–H groups in total. The molecule has 0 bridgehead atoms. The maximum atomic E-state index is 13.6. The second kappa shape index (κ2) is 12.1. The number of ether oxygens (including phenoxy) is 1. The van der Waals surface area contributed by atoms with E-state index in [9.17, 15) is 18.0 Å².